The van der Waals surface area contributed by atoms with Gasteiger partial charge in [-0.05, 0) is 88.4 Å². The van der Waals surface area contributed by atoms with Crippen molar-refractivity contribution < 1.29 is 57.8 Å². The van der Waals surface area contributed by atoms with Crippen LogP contribution in [0.3, 0.4) is 0 Å². The standard InChI is InChI=1S/C59H107N11O12/c1-24-27-28-38(14)50(73)49(70(23)59(82)48(37(12)13)69(22)57(80)44(31-35(8)9)68(21)55(78)40(16)65(18)45(71)26-3)54(77)62-41(25-2)56(79)64(17)32-46(72)66(19)42(29-33(4)5)53(76)63-47(36(10)11)58(81)67(20)43(30-34(6)7)52(75)61-39(15)51(60)74/h24,27,33-44,47-50,73H,25-26,28-32H2,1-23H3,(H2,60,74)(H,61,75)(H,62,77)(H,63,76)/b27-24+/t38-,39-,40-,41+,42+,43+,44+,47+,48+,49+,50-/m1/s1. The van der Waals surface area contributed by atoms with Crippen LogP contribution in [0.15, 0.2) is 12.2 Å². The molecule has 470 valence electrons. The Kier molecular flexibility index (Phi) is 32.5. The SMILES string of the molecule is C/C=C/C[C@@H](C)[C@@H](O)[C@@H](C(=O)N[C@@H](CC)C(=O)N(C)CC(=O)N(C)[C@@H](CC(C)C)C(=O)N[C@H](C(=O)N(C)[C@@H](CC(C)C)C(=O)N[C@H](C)C(N)=O)C(C)C)N(C)C(=O)[C@H](C(C)C)N(C)C(=O)[C@H](CC(C)C)N(C)C(=O)[C@@H](C)N(C)C(=O)CC. The van der Waals surface area contributed by atoms with Gasteiger partial charge in [0.1, 0.15) is 54.4 Å². The summed E-state index contributed by atoms with van der Waals surface area (Å²) in [4.78, 5) is 161. The molecule has 0 bridgehead atoms. The Balaban J connectivity index is 7.00. The molecule has 0 spiro atoms. The Labute approximate surface area is 490 Å². The van der Waals surface area contributed by atoms with E-state index < -0.39 is 144 Å². The lowest BCUT2D eigenvalue weighted by Crippen LogP contribution is -2.63. The van der Waals surface area contributed by atoms with Crippen LogP contribution in [0.1, 0.15) is 149 Å². The van der Waals surface area contributed by atoms with E-state index in [-0.39, 0.29) is 55.8 Å². The highest BCUT2D eigenvalue weighted by molar-refractivity contribution is 5.98. The van der Waals surface area contributed by atoms with Crippen LogP contribution in [0.2, 0.25) is 0 Å². The molecule has 23 heteroatoms. The number of allylic oxidation sites excluding steroid dienone is 2. The van der Waals surface area contributed by atoms with E-state index in [0.717, 1.165) is 9.80 Å². The number of nitrogens with two attached hydrogens (primary N) is 1. The van der Waals surface area contributed by atoms with E-state index in [4.69, 9.17) is 5.73 Å². The smallest absolute Gasteiger partial charge is 0.246 e. The van der Waals surface area contributed by atoms with Gasteiger partial charge in [-0.2, -0.15) is 0 Å². The van der Waals surface area contributed by atoms with Gasteiger partial charge in [0, 0.05) is 55.8 Å². The molecule has 6 N–H and O–H groups in total. The van der Waals surface area contributed by atoms with Crippen molar-refractivity contribution in [1.82, 2.24) is 50.2 Å². The Bertz CT molecular complexity index is 2200. The van der Waals surface area contributed by atoms with Gasteiger partial charge in [-0.1, -0.05) is 102 Å². The fraction of sp³-hybridized carbons (Fsp3) is 0.780. The summed E-state index contributed by atoms with van der Waals surface area (Å²) < 4.78 is 0. The summed E-state index contributed by atoms with van der Waals surface area (Å²) in [5, 5.41) is 20.1. The summed E-state index contributed by atoms with van der Waals surface area (Å²) in [7, 11) is 10.0. The van der Waals surface area contributed by atoms with Crippen molar-refractivity contribution >= 4 is 65.0 Å². The molecule has 0 aromatic carbocycles. The lowest BCUT2D eigenvalue weighted by Gasteiger charge is -2.41. The van der Waals surface area contributed by atoms with Crippen LogP contribution in [0, 0.1) is 35.5 Å². The molecule has 23 nitrogen and oxygen atoms in total. The Morgan fingerprint density at radius 2 is 0.963 bits per heavy atom. The number of aliphatic hydroxyl groups is 1. The molecule has 0 fully saturated rings. The van der Waals surface area contributed by atoms with Crippen LogP contribution in [0.25, 0.3) is 0 Å². The van der Waals surface area contributed by atoms with E-state index in [0.29, 0.717) is 6.42 Å². The number of rotatable bonds is 34. The number of nitrogens with zero attached hydrogens (tertiary/aromatic N) is 7. The van der Waals surface area contributed by atoms with Crippen LogP contribution < -0.4 is 21.7 Å². The highest BCUT2D eigenvalue weighted by atomic mass is 16.3. The Hall–Kier alpha value is -6.13. The second kappa shape index (κ2) is 35.1. The molecule has 0 aromatic rings. The van der Waals surface area contributed by atoms with Gasteiger partial charge in [0.15, 0.2) is 0 Å². The maximum atomic E-state index is 14.9. The molecule has 0 aliphatic heterocycles. The third kappa shape index (κ3) is 21.9. The normalized spacial score (nSPS) is 15.7. The minimum Gasteiger partial charge on any atom is -0.390 e. The molecule has 82 heavy (non-hydrogen) atoms. The minimum absolute atomic E-state index is 0.0190. The highest BCUT2D eigenvalue weighted by Crippen LogP contribution is 2.24. The van der Waals surface area contributed by atoms with Crippen LogP contribution >= 0.6 is 0 Å². The number of likely N-dealkylation sites (N-methyl/N-ethyl adjacent to an activating group) is 7. The summed E-state index contributed by atoms with van der Waals surface area (Å²) >= 11 is 0. The Morgan fingerprint density at radius 3 is 1.40 bits per heavy atom. The van der Waals surface area contributed by atoms with Gasteiger partial charge in [0.25, 0.3) is 0 Å². The van der Waals surface area contributed by atoms with Crippen LogP contribution in [0.4, 0.5) is 0 Å². The van der Waals surface area contributed by atoms with E-state index in [1.165, 1.54) is 80.8 Å². The number of hydrogen-bond donors (Lipinski definition) is 5. The largest absolute Gasteiger partial charge is 0.390 e. The van der Waals surface area contributed by atoms with Crippen LogP contribution in [-0.2, 0) is 52.7 Å². The summed E-state index contributed by atoms with van der Waals surface area (Å²) in [5.41, 5.74) is 5.39. The van der Waals surface area contributed by atoms with Gasteiger partial charge in [-0.3, -0.25) is 52.7 Å². The fourth-order valence-corrected chi connectivity index (χ4v) is 9.65. The van der Waals surface area contributed by atoms with Gasteiger partial charge < -0.3 is 61.1 Å². The van der Waals surface area contributed by atoms with Crippen molar-refractivity contribution in [2.75, 3.05) is 55.9 Å². The van der Waals surface area contributed by atoms with Gasteiger partial charge in [-0.15, -0.1) is 0 Å². The predicted molar refractivity (Wildman–Crippen MR) is 317 cm³/mol. The van der Waals surface area contributed by atoms with Gasteiger partial charge >= 0.3 is 0 Å². The number of carbonyl (C=O) groups is 11. The van der Waals surface area contributed by atoms with Gasteiger partial charge in [-0.25, -0.2) is 0 Å². The van der Waals surface area contributed by atoms with Crippen LogP contribution in [0.5, 0.6) is 0 Å². The summed E-state index contributed by atoms with van der Waals surface area (Å²) in [6, 6.07) is -10.3. The monoisotopic (exact) mass is 1160 g/mol. The molecule has 0 aromatic heterocycles. The zero-order valence-electron chi connectivity index (χ0n) is 54.0. The first-order chi connectivity index (χ1) is 37.8. The number of primary amides is 1. The van der Waals surface area contributed by atoms with Crippen molar-refractivity contribution in [1.29, 1.82) is 0 Å². The average molecular weight is 1160 g/mol. The Morgan fingerprint density at radius 1 is 0.500 bits per heavy atom. The molecule has 0 aliphatic carbocycles. The van der Waals surface area contributed by atoms with Crippen LogP contribution in [-0.4, -0.2) is 221 Å². The fourth-order valence-electron chi connectivity index (χ4n) is 9.65. The molecule has 11 amide bonds. The maximum Gasteiger partial charge on any atom is 0.246 e. The van der Waals surface area contributed by atoms with E-state index in [9.17, 15) is 57.8 Å². The van der Waals surface area contributed by atoms with E-state index >= 15 is 0 Å². The lowest BCUT2D eigenvalue weighted by atomic mass is 9.91. The zero-order valence-corrected chi connectivity index (χ0v) is 54.0. The number of hydrogen-bond acceptors (Lipinski definition) is 12. The molecule has 0 aliphatic rings. The first-order valence-electron chi connectivity index (χ1n) is 29.1. The van der Waals surface area contributed by atoms with Gasteiger partial charge in [0.05, 0.1) is 12.6 Å². The molecule has 0 saturated carbocycles. The third-order valence-electron chi connectivity index (χ3n) is 15.2. The summed E-state index contributed by atoms with van der Waals surface area (Å²) in [5.74, 6) is -8.62. The molecule has 0 radical (unpaired) electrons. The molecule has 0 heterocycles. The van der Waals surface area contributed by atoms with Gasteiger partial charge in [0.2, 0.25) is 65.0 Å². The summed E-state index contributed by atoms with van der Waals surface area (Å²) in [6.45, 7) is 27.5. The molecule has 11 atom stereocenters. The minimum atomic E-state index is -1.60. The summed E-state index contributed by atoms with van der Waals surface area (Å²) in [6.07, 6.45) is 3.24. The number of carbonyl (C=O) groups excluding carboxylic acids is 11. The van der Waals surface area contributed by atoms with Crippen molar-refractivity contribution in [3.8, 4) is 0 Å². The highest BCUT2D eigenvalue weighted by Gasteiger charge is 2.45. The molecule has 0 saturated heterocycles. The first kappa shape index (κ1) is 75.9. The zero-order chi connectivity index (χ0) is 64.1. The molecular weight excluding hydrogens is 1050 g/mol. The third-order valence-corrected chi connectivity index (χ3v) is 15.2. The predicted octanol–water partition coefficient (Wildman–Crippen LogP) is 2.62. The second-order valence-corrected chi connectivity index (χ2v) is 24.2. The molecule has 0 rings (SSSR count). The molecular formula is C59H107N11O12. The average Bonchev–Trinajstić information content (AvgIpc) is 3.62. The first-order valence-corrected chi connectivity index (χ1v) is 29.1. The van der Waals surface area contributed by atoms with Crippen molar-refractivity contribution in [3.63, 3.8) is 0 Å². The van der Waals surface area contributed by atoms with Crippen molar-refractivity contribution in [2.45, 2.75) is 210 Å². The van der Waals surface area contributed by atoms with Crippen molar-refractivity contribution in [3.05, 3.63) is 12.2 Å². The van der Waals surface area contributed by atoms with E-state index in [2.05, 4.69) is 16.0 Å². The number of amides is 11. The lowest BCUT2D eigenvalue weighted by molar-refractivity contribution is -0.157. The van der Waals surface area contributed by atoms with E-state index in [1.54, 1.807) is 74.5 Å². The topological polar surface area (TPSA) is 293 Å². The van der Waals surface area contributed by atoms with E-state index in [1.807, 2.05) is 41.5 Å². The second-order valence-electron chi connectivity index (χ2n) is 24.2. The van der Waals surface area contributed by atoms with Crippen molar-refractivity contribution in [2.24, 2.45) is 41.2 Å². The maximum absolute atomic E-state index is 14.9. The quantitative estimate of drug-likeness (QED) is 0.0582. The number of aliphatic hydroxyl groups excluding tert-OH is 1. The number of nitrogens with one attached hydrogen (secondary N) is 3. The molecule has 0 unspecified atom stereocenters.